The van der Waals surface area contributed by atoms with E-state index in [1.807, 2.05) is 56.3 Å². The van der Waals surface area contributed by atoms with Gasteiger partial charge >= 0.3 is 11.9 Å². The van der Waals surface area contributed by atoms with Crippen LogP contribution in [0.3, 0.4) is 0 Å². The summed E-state index contributed by atoms with van der Waals surface area (Å²) in [6.07, 6.45) is -7.38. The lowest BCUT2D eigenvalue weighted by Gasteiger charge is -2.49. The highest BCUT2D eigenvalue weighted by molar-refractivity contribution is 5.83. The van der Waals surface area contributed by atoms with Crippen molar-refractivity contribution in [1.29, 1.82) is 0 Å². The van der Waals surface area contributed by atoms with Crippen molar-refractivity contribution in [2.75, 3.05) is 27.7 Å². The zero-order chi connectivity index (χ0) is 52.0. The lowest BCUT2D eigenvalue weighted by atomic mass is 9.74. The summed E-state index contributed by atoms with van der Waals surface area (Å²) in [4.78, 5) is 56.9. The molecule has 0 aliphatic carbocycles. The molecule has 0 unspecified atom stereocenters. The van der Waals surface area contributed by atoms with Gasteiger partial charge in [0.05, 0.1) is 66.2 Å². The molecule has 5 N–H and O–H groups in total. The minimum absolute atomic E-state index is 0.0205. The largest absolute Gasteiger partial charge is 0.472 e. The van der Waals surface area contributed by atoms with E-state index >= 15 is 0 Å². The van der Waals surface area contributed by atoms with Crippen molar-refractivity contribution in [1.82, 2.24) is 10.2 Å². The number of nitrogens with one attached hydrogen (secondary N) is 1. The topological polar surface area (TPSA) is 242 Å². The number of amides is 1. The summed E-state index contributed by atoms with van der Waals surface area (Å²) >= 11 is 0. The van der Waals surface area contributed by atoms with Crippen LogP contribution in [0.1, 0.15) is 107 Å². The molecule has 3 aliphatic rings. The van der Waals surface area contributed by atoms with Gasteiger partial charge in [-0.05, 0) is 92.1 Å². The predicted molar refractivity (Wildman–Crippen MR) is 256 cm³/mol. The Bertz CT molecular complexity index is 2040. The zero-order valence-electron chi connectivity index (χ0n) is 43.3. The third-order valence-electron chi connectivity index (χ3n) is 14.9. The first-order valence-electron chi connectivity index (χ1n) is 24.6. The van der Waals surface area contributed by atoms with Crippen molar-refractivity contribution in [2.45, 2.75) is 192 Å². The van der Waals surface area contributed by atoms with Crippen molar-refractivity contribution in [2.24, 2.45) is 23.7 Å². The highest BCUT2D eigenvalue weighted by atomic mass is 16.7. The quantitative estimate of drug-likeness (QED) is 0.165. The van der Waals surface area contributed by atoms with Gasteiger partial charge in [-0.1, -0.05) is 45.0 Å². The number of hydrogen-bond acceptors (Lipinski definition) is 17. The van der Waals surface area contributed by atoms with Crippen LogP contribution in [0.15, 0.2) is 47.3 Å². The van der Waals surface area contributed by atoms with E-state index in [1.54, 1.807) is 47.1 Å². The van der Waals surface area contributed by atoms with Crippen LogP contribution in [0.2, 0.25) is 0 Å². The van der Waals surface area contributed by atoms with Crippen LogP contribution in [-0.2, 0) is 58.8 Å². The van der Waals surface area contributed by atoms with Crippen LogP contribution < -0.4 is 5.32 Å². The Balaban J connectivity index is 1.50. The summed E-state index contributed by atoms with van der Waals surface area (Å²) in [5, 5.41) is 50.8. The molecule has 3 fully saturated rings. The zero-order valence-corrected chi connectivity index (χ0v) is 43.3. The van der Waals surface area contributed by atoms with E-state index in [1.165, 1.54) is 34.8 Å². The molecule has 0 spiro atoms. The number of likely N-dealkylation sites (N-methyl/N-ethyl adjacent to an activating group) is 1. The van der Waals surface area contributed by atoms with Crippen LogP contribution in [-0.4, -0.2) is 161 Å². The van der Waals surface area contributed by atoms with Gasteiger partial charge in [-0.2, -0.15) is 0 Å². The first-order chi connectivity index (χ1) is 32.7. The van der Waals surface area contributed by atoms with Crippen molar-refractivity contribution < 1.29 is 77.2 Å². The van der Waals surface area contributed by atoms with E-state index in [0.717, 1.165) is 16.7 Å². The van der Waals surface area contributed by atoms with Gasteiger partial charge in [0.1, 0.15) is 23.6 Å². The third kappa shape index (κ3) is 13.6. The number of cyclic esters (lactones) is 1. The van der Waals surface area contributed by atoms with Crippen LogP contribution in [0.5, 0.6) is 0 Å². The Hall–Kier alpha value is -3.82. The average molecular weight is 989 g/mol. The molecule has 3 saturated heterocycles. The molecular formula is C52H80N2O16. The summed E-state index contributed by atoms with van der Waals surface area (Å²) in [6.45, 7) is 15.6. The normalized spacial score (nSPS) is 39.2. The predicted octanol–water partition coefficient (Wildman–Crippen LogP) is 4.35. The first-order valence-corrected chi connectivity index (χ1v) is 24.6. The number of ether oxygens (including phenoxy) is 7. The van der Waals surface area contributed by atoms with Crippen molar-refractivity contribution >= 4 is 23.6 Å². The number of furan rings is 1. The second kappa shape index (κ2) is 23.8. The highest BCUT2D eigenvalue weighted by Gasteiger charge is 2.54. The summed E-state index contributed by atoms with van der Waals surface area (Å²) in [6, 6.07) is 9.24. The molecule has 1 aromatic carbocycles. The van der Waals surface area contributed by atoms with E-state index in [9.17, 15) is 39.6 Å². The summed E-state index contributed by atoms with van der Waals surface area (Å²) in [5.74, 6) is -6.62. The minimum atomic E-state index is -2.23. The van der Waals surface area contributed by atoms with E-state index in [2.05, 4.69) is 5.32 Å². The van der Waals surface area contributed by atoms with Gasteiger partial charge < -0.3 is 68.2 Å². The number of carbonyl (C=O) groups excluding carboxylic acids is 4. The number of aryl methyl sites for hydroxylation is 1. The summed E-state index contributed by atoms with van der Waals surface area (Å²) in [5.41, 5.74) is -2.48. The van der Waals surface area contributed by atoms with Gasteiger partial charge in [0.25, 0.3) is 0 Å². The standard InChI is InChI=1S/C52H80N2O16/c1-28-25-50(8,61)47(70-49-44(67-34(7)55)38(54(11)12)23-29(2)65-49)31(4)43(69-41-26-51(9,63-13)46(59)33(6)66-41)32(5)48(60)68-39(52(10,62)45(58)30(3)42(28)57)19-21-53-40(56)18-17-35-15-14-16-36(24-35)37-20-22-64-27-37/h14-16,20,22,24,27-33,38-39,41,43-47,49,58-59,61-62H,17-19,21,23,25-26H2,1-13H3,(H,53,56)/t28-,29-,30+,31+,32-,33+,38+,39-,41+,43+,44-,45-,46+,47-,49+,50-,51-,52-/m1/s1. The van der Waals surface area contributed by atoms with Crippen molar-refractivity contribution in [3.8, 4) is 11.1 Å². The molecule has 0 radical (unpaired) electrons. The Morgan fingerprint density at radius 1 is 0.900 bits per heavy atom. The van der Waals surface area contributed by atoms with E-state index in [-0.39, 0.29) is 50.3 Å². The smallest absolute Gasteiger partial charge is 0.311 e. The van der Waals surface area contributed by atoms with Crippen LogP contribution in [0.25, 0.3) is 11.1 Å². The number of hydrogen-bond donors (Lipinski definition) is 5. The van der Waals surface area contributed by atoms with Gasteiger partial charge in [-0.25, -0.2) is 0 Å². The SMILES string of the molecule is CO[C@]1(C)C[C@H](O[C@H]2[C@H](C)[C@@H](O[C@@H]3O[C@H](C)C[C@H](N(C)C)[C@H]3OC(C)=O)[C@](C)(O)C[C@@H](C)C(=O)[C@H](C)[C@@H](O)[C@](C)(O)[C@@H](CCNC(=O)CCc3cccc(-c4ccoc4)c3)OC(=O)[C@@H]2C)O[C@@H](C)[C@@H]1O. The number of carbonyl (C=O) groups is 4. The van der Waals surface area contributed by atoms with Gasteiger partial charge in [-0.15, -0.1) is 0 Å². The van der Waals surface area contributed by atoms with Gasteiger partial charge in [-0.3, -0.25) is 19.2 Å². The molecule has 3 aliphatic heterocycles. The highest BCUT2D eigenvalue weighted by Crippen LogP contribution is 2.41. The molecule has 1 aromatic heterocycles. The van der Waals surface area contributed by atoms with Gasteiger partial charge in [0.2, 0.25) is 5.91 Å². The number of rotatable bonds is 14. The van der Waals surface area contributed by atoms with E-state index < -0.39 is 114 Å². The molecule has 18 nitrogen and oxygen atoms in total. The maximum absolute atomic E-state index is 14.8. The molecule has 0 bridgehead atoms. The molecule has 18 atom stereocenters. The fourth-order valence-electron chi connectivity index (χ4n) is 10.6. The number of aliphatic hydroxyl groups is 4. The van der Waals surface area contributed by atoms with E-state index in [0.29, 0.717) is 12.8 Å². The Labute approximate surface area is 413 Å². The second-order valence-corrected chi connectivity index (χ2v) is 21.0. The maximum atomic E-state index is 14.8. The van der Waals surface area contributed by atoms with Crippen LogP contribution in [0, 0.1) is 23.7 Å². The fraction of sp³-hybridized carbons (Fsp3) is 0.731. The second-order valence-electron chi connectivity index (χ2n) is 21.0. The van der Waals surface area contributed by atoms with Crippen molar-refractivity contribution in [3.63, 3.8) is 0 Å². The van der Waals surface area contributed by atoms with Crippen LogP contribution in [0.4, 0.5) is 0 Å². The third-order valence-corrected chi connectivity index (χ3v) is 14.9. The molecule has 1 amide bonds. The summed E-state index contributed by atoms with van der Waals surface area (Å²) < 4.78 is 49.2. The number of Topliss-reactive ketones (excluding diaryl/α,β-unsaturated/α-hetero) is 1. The Morgan fingerprint density at radius 3 is 2.23 bits per heavy atom. The number of esters is 2. The molecule has 4 heterocycles. The minimum Gasteiger partial charge on any atom is -0.472 e. The lowest BCUT2D eigenvalue weighted by molar-refractivity contribution is -0.318. The monoisotopic (exact) mass is 989 g/mol. The molecule has 394 valence electrons. The summed E-state index contributed by atoms with van der Waals surface area (Å²) in [7, 11) is 5.15. The molecule has 5 rings (SSSR count). The van der Waals surface area contributed by atoms with Gasteiger partial charge in [0.15, 0.2) is 18.7 Å². The molecule has 18 heteroatoms. The number of nitrogens with zero attached hydrogens (tertiary/aromatic N) is 1. The molecular weight excluding hydrogens is 909 g/mol. The number of ketones is 1. The maximum Gasteiger partial charge on any atom is 0.311 e. The molecule has 70 heavy (non-hydrogen) atoms. The van der Waals surface area contributed by atoms with E-state index in [4.69, 9.17) is 37.6 Å². The lowest BCUT2D eigenvalue weighted by Crippen LogP contribution is -2.61. The molecule has 0 saturated carbocycles. The Kier molecular flexibility index (Phi) is 19.4. The molecule has 2 aromatic rings. The number of aliphatic hydroxyl groups excluding tert-OH is 2. The number of benzene rings is 1. The van der Waals surface area contributed by atoms with Crippen LogP contribution >= 0.6 is 0 Å². The number of methoxy groups -OCH3 is 1. The van der Waals surface area contributed by atoms with Gasteiger partial charge in [0, 0.05) is 63.2 Å². The van der Waals surface area contributed by atoms with Crippen molar-refractivity contribution in [3.05, 3.63) is 48.4 Å². The fourth-order valence-corrected chi connectivity index (χ4v) is 10.6. The first kappa shape index (κ1) is 57.1. The Morgan fingerprint density at radius 2 is 1.60 bits per heavy atom. The average Bonchev–Trinajstić information content (AvgIpc) is 3.85.